The first-order chi connectivity index (χ1) is 4.33. The average Bonchev–Trinajstić information content (AvgIpc) is 1.90. The third-order valence-corrected chi connectivity index (χ3v) is 1.57. The van der Waals surface area contributed by atoms with Gasteiger partial charge in [-0.25, -0.2) is 9.97 Å². The minimum absolute atomic E-state index is 0.327. The Morgan fingerprint density at radius 1 is 1.44 bits per heavy atom. The molecular weight excluding hydrogens is 134 g/mol. The van der Waals surface area contributed by atoms with E-state index in [-0.39, 0.29) is 0 Å². The van der Waals surface area contributed by atoms with Crippen LogP contribution < -0.4 is 5.73 Å². The van der Waals surface area contributed by atoms with Gasteiger partial charge in [0, 0.05) is 17.3 Å². The molecule has 0 bridgehead atoms. The molecule has 0 saturated heterocycles. The van der Waals surface area contributed by atoms with Crippen LogP contribution in [0.15, 0.2) is 17.3 Å². The molecule has 1 rings (SSSR count). The Bertz CT molecular complexity index is 184. The van der Waals surface area contributed by atoms with E-state index in [4.69, 9.17) is 5.73 Å². The Morgan fingerprint density at radius 2 is 2.00 bits per heavy atom. The maximum atomic E-state index is 5.25. The summed E-state index contributed by atoms with van der Waals surface area (Å²) in [5.41, 5.74) is 5.25. The number of anilines is 1. The van der Waals surface area contributed by atoms with E-state index in [2.05, 4.69) is 9.97 Å². The Balaban J connectivity index is 2.88. The van der Waals surface area contributed by atoms with Crippen LogP contribution in [0.3, 0.4) is 0 Å². The van der Waals surface area contributed by atoms with Gasteiger partial charge < -0.3 is 5.73 Å². The molecule has 0 aromatic carbocycles. The van der Waals surface area contributed by atoms with Gasteiger partial charge in [-0.15, -0.1) is 11.8 Å². The summed E-state index contributed by atoms with van der Waals surface area (Å²) in [4.78, 5) is 8.62. The SMILES string of the molecule is CSc1cnc(N)nc1. The lowest BCUT2D eigenvalue weighted by Crippen LogP contribution is -1.92. The number of aromatic nitrogens is 2. The predicted molar refractivity (Wildman–Crippen MR) is 38.2 cm³/mol. The highest BCUT2D eigenvalue weighted by Gasteiger charge is 1.88. The molecule has 0 atom stereocenters. The second kappa shape index (κ2) is 2.68. The molecule has 0 aliphatic rings. The van der Waals surface area contributed by atoms with Gasteiger partial charge >= 0.3 is 0 Å². The van der Waals surface area contributed by atoms with Crippen LogP contribution in [0.5, 0.6) is 0 Å². The highest BCUT2D eigenvalue weighted by atomic mass is 32.2. The summed E-state index contributed by atoms with van der Waals surface area (Å²) in [6.45, 7) is 0. The van der Waals surface area contributed by atoms with Crippen LogP contribution >= 0.6 is 11.8 Å². The van der Waals surface area contributed by atoms with Crippen molar-refractivity contribution in [3.63, 3.8) is 0 Å². The molecule has 0 saturated carbocycles. The first-order valence-electron chi connectivity index (χ1n) is 2.44. The van der Waals surface area contributed by atoms with Crippen LogP contribution in [0.4, 0.5) is 5.95 Å². The third kappa shape index (κ3) is 1.57. The molecule has 1 aromatic heterocycles. The number of nitrogens with two attached hydrogens (primary N) is 1. The largest absolute Gasteiger partial charge is 0.368 e. The minimum atomic E-state index is 0.327. The van der Waals surface area contributed by atoms with E-state index in [1.807, 2.05) is 6.26 Å². The summed E-state index contributed by atoms with van der Waals surface area (Å²) >= 11 is 1.60. The zero-order chi connectivity index (χ0) is 6.69. The van der Waals surface area contributed by atoms with Crippen molar-refractivity contribution in [3.8, 4) is 0 Å². The molecule has 0 aliphatic carbocycles. The van der Waals surface area contributed by atoms with Gasteiger partial charge in [0.25, 0.3) is 0 Å². The first-order valence-corrected chi connectivity index (χ1v) is 3.67. The van der Waals surface area contributed by atoms with Crippen LogP contribution in [0.2, 0.25) is 0 Å². The van der Waals surface area contributed by atoms with Crippen molar-refractivity contribution in [2.75, 3.05) is 12.0 Å². The zero-order valence-electron chi connectivity index (χ0n) is 5.03. The molecule has 0 spiro atoms. The quantitative estimate of drug-likeness (QED) is 0.587. The molecule has 0 radical (unpaired) electrons. The highest BCUT2D eigenvalue weighted by Crippen LogP contribution is 2.10. The van der Waals surface area contributed by atoms with Crippen LogP contribution in [-0.2, 0) is 0 Å². The summed E-state index contributed by atoms with van der Waals surface area (Å²) in [7, 11) is 0. The smallest absolute Gasteiger partial charge is 0.219 e. The Labute approximate surface area is 57.7 Å². The number of rotatable bonds is 1. The Kier molecular flexibility index (Phi) is 1.89. The summed E-state index contributed by atoms with van der Waals surface area (Å²) < 4.78 is 0. The lowest BCUT2D eigenvalue weighted by atomic mass is 10.7. The normalized spacial score (nSPS) is 9.44. The van der Waals surface area contributed by atoms with E-state index >= 15 is 0 Å². The lowest BCUT2D eigenvalue weighted by Gasteiger charge is -1.92. The molecule has 3 nitrogen and oxygen atoms in total. The van der Waals surface area contributed by atoms with Crippen LogP contribution in [0.1, 0.15) is 0 Å². The van der Waals surface area contributed by atoms with Crippen molar-refractivity contribution in [3.05, 3.63) is 12.4 Å². The highest BCUT2D eigenvalue weighted by molar-refractivity contribution is 7.98. The van der Waals surface area contributed by atoms with Gasteiger partial charge in [0.05, 0.1) is 0 Å². The van der Waals surface area contributed by atoms with Gasteiger partial charge in [0.2, 0.25) is 5.95 Å². The topological polar surface area (TPSA) is 51.8 Å². The molecule has 0 aliphatic heterocycles. The number of nitrogens with zero attached hydrogens (tertiary/aromatic N) is 2. The second-order valence-corrected chi connectivity index (χ2v) is 2.36. The van der Waals surface area contributed by atoms with Crippen molar-refractivity contribution >= 4 is 17.7 Å². The maximum Gasteiger partial charge on any atom is 0.219 e. The zero-order valence-corrected chi connectivity index (χ0v) is 5.85. The Morgan fingerprint density at radius 3 is 2.44 bits per heavy atom. The summed E-state index contributed by atoms with van der Waals surface area (Å²) in [5.74, 6) is 0.327. The molecule has 1 heterocycles. The van der Waals surface area contributed by atoms with E-state index < -0.39 is 0 Å². The monoisotopic (exact) mass is 141 g/mol. The van der Waals surface area contributed by atoms with E-state index in [0.717, 1.165) is 4.90 Å². The van der Waals surface area contributed by atoms with Gasteiger partial charge in [-0.2, -0.15) is 0 Å². The molecular formula is C5H7N3S. The third-order valence-electron chi connectivity index (χ3n) is 0.884. The van der Waals surface area contributed by atoms with Gasteiger partial charge in [-0.3, -0.25) is 0 Å². The van der Waals surface area contributed by atoms with Crippen LogP contribution in [0, 0.1) is 0 Å². The average molecular weight is 141 g/mol. The summed E-state index contributed by atoms with van der Waals surface area (Å²) in [5, 5.41) is 0. The molecule has 48 valence electrons. The van der Waals surface area contributed by atoms with E-state index in [1.165, 1.54) is 0 Å². The minimum Gasteiger partial charge on any atom is -0.368 e. The number of hydrogen-bond donors (Lipinski definition) is 1. The first kappa shape index (κ1) is 6.35. The number of hydrogen-bond acceptors (Lipinski definition) is 4. The molecule has 2 N–H and O–H groups in total. The van der Waals surface area contributed by atoms with Crippen molar-refractivity contribution in [2.45, 2.75) is 4.90 Å². The Hall–Kier alpha value is -0.770. The summed E-state index contributed by atoms with van der Waals surface area (Å²) in [6, 6.07) is 0. The van der Waals surface area contributed by atoms with Gasteiger partial charge in [-0.05, 0) is 6.26 Å². The fourth-order valence-electron chi connectivity index (χ4n) is 0.432. The van der Waals surface area contributed by atoms with E-state index in [0.29, 0.717) is 5.95 Å². The number of nitrogen functional groups attached to an aromatic ring is 1. The number of thioether (sulfide) groups is 1. The predicted octanol–water partition coefficient (Wildman–Crippen LogP) is 0.781. The van der Waals surface area contributed by atoms with Crippen molar-refractivity contribution in [1.29, 1.82) is 0 Å². The van der Waals surface area contributed by atoms with Crippen molar-refractivity contribution in [1.82, 2.24) is 9.97 Å². The van der Waals surface area contributed by atoms with E-state index in [1.54, 1.807) is 24.2 Å². The van der Waals surface area contributed by atoms with Crippen LogP contribution in [-0.4, -0.2) is 16.2 Å². The van der Waals surface area contributed by atoms with Crippen LogP contribution in [0.25, 0.3) is 0 Å². The fourth-order valence-corrected chi connectivity index (χ4v) is 0.748. The van der Waals surface area contributed by atoms with Gasteiger partial charge in [0.1, 0.15) is 0 Å². The second-order valence-electron chi connectivity index (χ2n) is 1.48. The summed E-state index contributed by atoms with van der Waals surface area (Å²) in [6.07, 6.45) is 5.37. The van der Waals surface area contributed by atoms with E-state index in [9.17, 15) is 0 Å². The molecule has 0 amide bonds. The van der Waals surface area contributed by atoms with Gasteiger partial charge in [0.15, 0.2) is 0 Å². The lowest BCUT2D eigenvalue weighted by molar-refractivity contribution is 1.12. The van der Waals surface area contributed by atoms with Crippen molar-refractivity contribution in [2.24, 2.45) is 0 Å². The molecule has 4 heteroatoms. The van der Waals surface area contributed by atoms with Crippen molar-refractivity contribution < 1.29 is 0 Å². The molecule has 0 unspecified atom stereocenters. The van der Waals surface area contributed by atoms with Gasteiger partial charge in [-0.1, -0.05) is 0 Å². The molecule has 0 fully saturated rings. The molecule has 1 aromatic rings. The maximum absolute atomic E-state index is 5.25. The standard InChI is InChI=1S/C5H7N3S/c1-9-4-2-7-5(6)8-3-4/h2-3H,1H3,(H2,6,7,8). The molecule has 9 heavy (non-hydrogen) atoms. The fraction of sp³-hybridized carbons (Fsp3) is 0.200.